The van der Waals surface area contributed by atoms with Crippen molar-refractivity contribution in [3.63, 3.8) is 0 Å². The van der Waals surface area contributed by atoms with E-state index < -0.39 is 25.9 Å². The Kier molecular flexibility index (Phi) is 3.83. The number of hydrogen-bond acceptors (Lipinski definition) is 5. The van der Waals surface area contributed by atoms with Crippen molar-refractivity contribution in [3.05, 3.63) is 23.8 Å². The van der Waals surface area contributed by atoms with E-state index in [4.69, 9.17) is 5.73 Å². The summed E-state index contributed by atoms with van der Waals surface area (Å²) < 4.78 is 49.6. The maximum Gasteiger partial charge on any atom is 0.243 e. The van der Waals surface area contributed by atoms with Crippen LogP contribution in [0.4, 0.5) is 5.69 Å². The molecule has 0 saturated carbocycles. The lowest BCUT2D eigenvalue weighted by Gasteiger charge is -2.32. The van der Waals surface area contributed by atoms with E-state index in [9.17, 15) is 16.8 Å². The highest BCUT2D eigenvalue weighted by atomic mass is 32.2. The standard InChI is InChI=1S/C12H18N2O4S2/c1-9-7-11(13)3-4-12(9)20(17,18)14-5-6-19(15,16)8-10(14)2/h3-4,7,10H,5-6,8,13H2,1-2H3. The molecule has 6 nitrogen and oxygen atoms in total. The molecule has 1 aromatic rings. The van der Waals surface area contributed by atoms with Crippen molar-refractivity contribution in [3.8, 4) is 0 Å². The van der Waals surface area contributed by atoms with Gasteiger partial charge in [0.1, 0.15) is 0 Å². The fourth-order valence-corrected chi connectivity index (χ4v) is 6.03. The second kappa shape index (κ2) is 5.01. The predicted octanol–water partition coefficient (Wildman–Crippen LogP) is 0.385. The van der Waals surface area contributed by atoms with Gasteiger partial charge in [0.05, 0.1) is 16.4 Å². The summed E-state index contributed by atoms with van der Waals surface area (Å²) in [6.45, 7) is 3.28. The molecule has 1 aliphatic rings. The summed E-state index contributed by atoms with van der Waals surface area (Å²) in [7, 11) is -6.85. The van der Waals surface area contributed by atoms with E-state index in [1.54, 1.807) is 19.9 Å². The summed E-state index contributed by atoms with van der Waals surface area (Å²) in [5, 5.41) is 0. The van der Waals surface area contributed by atoms with Gasteiger partial charge in [0, 0.05) is 18.3 Å². The first-order valence-corrected chi connectivity index (χ1v) is 9.48. The maximum atomic E-state index is 12.6. The molecule has 0 spiro atoms. The van der Waals surface area contributed by atoms with Crippen molar-refractivity contribution in [2.45, 2.75) is 24.8 Å². The highest BCUT2D eigenvalue weighted by Gasteiger charge is 2.36. The molecule has 112 valence electrons. The predicted molar refractivity (Wildman–Crippen MR) is 77.6 cm³/mol. The van der Waals surface area contributed by atoms with Crippen LogP contribution in [-0.2, 0) is 19.9 Å². The summed E-state index contributed by atoms with van der Waals surface area (Å²) in [6, 6.07) is 4.04. The third-order valence-electron chi connectivity index (χ3n) is 3.40. The van der Waals surface area contributed by atoms with E-state index in [1.165, 1.54) is 16.4 Å². The van der Waals surface area contributed by atoms with Crippen LogP contribution in [0, 0.1) is 6.92 Å². The fraction of sp³-hybridized carbons (Fsp3) is 0.500. The Bertz CT molecular complexity index is 726. The van der Waals surface area contributed by atoms with Gasteiger partial charge in [0.15, 0.2) is 9.84 Å². The Morgan fingerprint density at radius 1 is 1.35 bits per heavy atom. The van der Waals surface area contributed by atoms with Crippen LogP contribution in [0.5, 0.6) is 0 Å². The second-order valence-electron chi connectivity index (χ2n) is 5.10. The average molecular weight is 318 g/mol. The monoisotopic (exact) mass is 318 g/mol. The van der Waals surface area contributed by atoms with Crippen molar-refractivity contribution in [2.75, 3.05) is 23.8 Å². The lowest BCUT2D eigenvalue weighted by atomic mass is 10.2. The van der Waals surface area contributed by atoms with Gasteiger partial charge >= 0.3 is 0 Å². The number of anilines is 1. The molecule has 2 N–H and O–H groups in total. The molecule has 8 heteroatoms. The molecular formula is C12H18N2O4S2. The number of hydrogen-bond donors (Lipinski definition) is 1. The highest BCUT2D eigenvalue weighted by Crippen LogP contribution is 2.25. The van der Waals surface area contributed by atoms with Gasteiger partial charge in [-0.15, -0.1) is 0 Å². The molecule has 2 rings (SSSR count). The molecule has 0 aromatic heterocycles. The lowest BCUT2D eigenvalue weighted by molar-refractivity contribution is 0.356. The first-order valence-electron chi connectivity index (χ1n) is 6.22. The zero-order valence-electron chi connectivity index (χ0n) is 11.4. The summed E-state index contributed by atoms with van der Waals surface area (Å²) in [5.41, 5.74) is 6.68. The van der Waals surface area contributed by atoms with Crippen LogP contribution >= 0.6 is 0 Å². The smallest absolute Gasteiger partial charge is 0.243 e. The van der Waals surface area contributed by atoms with Crippen LogP contribution in [0.25, 0.3) is 0 Å². The SMILES string of the molecule is Cc1cc(N)ccc1S(=O)(=O)N1CCS(=O)(=O)CC1C. The van der Waals surface area contributed by atoms with Gasteiger partial charge in [-0.05, 0) is 37.6 Å². The summed E-state index contributed by atoms with van der Waals surface area (Å²) in [4.78, 5) is 0.179. The van der Waals surface area contributed by atoms with Crippen LogP contribution < -0.4 is 5.73 Å². The van der Waals surface area contributed by atoms with Crippen molar-refractivity contribution < 1.29 is 16.8 Å². The topological polar surface area (TPSA) is 97.5 Å². The van der Waals surface area contributed by atoms with Crippen molar-refractivity contribution in [2.24, 2.45) is 0 Å². The molecule has 1 saturated heterocycles. The van der Waals surface area contributed by atoms with E-state index in [2.05, 4.69) is 0 Å². The molecule has 0 bridgehead atoms. The first kappa shape index (κ1) is 15.3. The van der Waals surface area contributed by atoms with Gasteiger partial charge in [-0.2, -0.15) is 4.31 Å². The average Bonchev–Trinajstić information content (AvgIpc) is 2.26. The van der Waals surface area contributed by atoms with Gasteiger partial charge in [-0.1, -0.05) is 0 Å². The molecule has 1 aromatic carbocycles. The van der Waals surface area contributed by atoms with Crippen LogP contribution in [-0.4, -0.2) is 45.2 Å². The number of nitrogens with two attached hydrogens (primary N) is 1. The van der Waals surface area contributed by atoms with E-state index in [0.717, 1.165) is 0 Å². The van der Waals surface area contributed by atoms with E-state index >= 15 is 0 Å². The summed E-state index contributed by atoms with van der Waals surface area (Å²) in [5.74, 6) is -0.273. The minimum atomic E-state index is -3.70. The Balaban J connectivity index is 2.41. The van der Waals surface area contributed by atoms with Gasteiger partial charge in [-0.3, -0.25) is 0 Å². The number of rotatable bonds is 2. The quantitative estimate of drug-likeness (QED) is 0.795. The normalized spacial score (nSPS) is 23.6. The van der Waals surface area contributed by atoms with Crippen LogP contribution in [0.1, 0.15) is 12.5 Å². The van der Waals surface area contributed by atoms with Gasteiger partial charge < -0.3 is 5.73 Å². The zero-order valence-corrected chi connectivity index (χ0v) is 13.0. The van der Waals surface area contributed by atoms with Gasteiger partial charge in [-0.25, -0.2) is 16.8 Å². The molecule has 20 heavy (non-hydrogen) atoms. The number of benzene rings is 1. The molecule has 0 radical (unpaired) electrons. The maximum absolute atomic E-state index is 12.6. The molecular weight excluding hydrogens is 300 g/mol. The molecule has 1 unspecified atom stereocenters. The molecule has 1 fully saturated rings. The largest absolute Gasteiger partial charge is 0.399 e. The van der Waals surface area contributed by atoms with Crippen molar-refractivity contribution >= 4 is 25.5 Å². The van der Waals surface area contributed by atoms with E-state index in [1.807, 2.05) is 0 Å². The lowest BCUT2D eigenvalue weighted by Crippen LogP contribution is -2.49. The Labute approximate surface area is 119 Å². The van der Waals surface area contributed by atoms with Crippen molar-refractivity contribution in [1.29, 1.82) is 0 Å². The number of aryl methyl sites for hydroxylation is 1. The minimum absolute atomic E-state index is 0.00432. The summed E-state index contributed by atoms with van der Waals surface area (Å²) >= 11 is 0. The second-order valence-corrected chi connectivity index (χ2v) is 9.19. The van der Waals surface area contributed by atoms with Crippen LogP contribution in [0.3, 0.4) is 0 Å². The molecule has 1 heterocycles. The minimum Gasteiger partial charge on any atom is -0.399 e. The molecule has 0 amide bonds. The van der Waals surface area contributed by atoms with Gasteiger partial charge in [0.2, 0.25) is 10.0 Å². The summed E-state index contributed by atoms with van der Waals surface area (Å²) in [6.07, 6.45) is 0. The Morgan fingerprint density at radius 2 is 2.00 bits per heavy atom. The zero-order chi connectivity index (χ0) is 15.1. The third kappa shape index (κ3) is 2.82. The van der Waals surface area contributed by atoms with Crippen molar-refractivity contribution in [1.82, 2.24) is 4.31 Å². The Hall–Kier alpha value is -1.12. The number of sulfone groups is 1. The van der Waals surface area contributed by atoms with Crippen LogP contribution in [0.15, 0.2) is 23.1 Å². The van der Waals surface area contributed by atoms with E-state index in [0.29, 0.717) is 11.3 Å². The third-order valence-corrected chi connectivity index (χ3v) is 7.36. The molecule has 1 atom stereocenters. The number of nitrogens with zero attached hydrogens (tertiary/aromatic N) is 1. The molecule has 0 aliphatic carbocycles. The number of nitrogen functional groups attached to an aromatic ring is 1. The Morgan fingerprint density at radius 3 is 2.55 bits per heavy atom. The first-order chi connectivity index (χ1) is 9.13. The fourth-order valence-electron chi connectivity index (χ4n) is 2.43. The van der Waals surface area contributed by atoms with Crippen LogP contribution in [0.2, 0.25) is 0 Å². The van der Waals surface area contributed by atoms with Gasteiger partial charge in [0.25, 0.3) is 0 Å². The van der Waals surface area contributed by atoms with E-state index in [-0.39, 0.29) is 22.9 Å². The number of sulfonamides is 1. The molecule has 1 aliphatic heterocycles. The highest BCUT2D eigenvalue weighted by molar-refractivity contribution is 7.92.